The van der Waals surface area contributed by atoms with Gasteiger partial charge in [-0.1, -0.05) is 42.5 Å². The lowest BCUT2D eigenvalue weighted by molar-refractivity contribution is -0.122. The van der Waals surface area contributed by atoms with Gasteiger partial charge in [0.1, 0.15) is 11.5 Å². The van der Waals surface area contributed by atoms with Gasteiger partial charge < -0.3 is 14.8 Å². The molecule has 1 atom stereocenters. The summed E-state index contributed by atoms with van der Waals surface area (Å²) < 4.78 is 37.3. The normalized spacial score (nSPS) is 15.6. The molecule has 0 saturated heterocycles. The molecule has 30 heavy (non-hydrogen) atoms. The zero-order valence-corrected chi connectivity index (χ0v) is 17.0. The SMILES string of the molecule is CS(=O)(=O)N1C[C@H](C(=O)Nc2ccccc2Oc2ccccc2)Oc2ccccc21. The Hall–Kier alpha value is -3.52. The molecule has 0 aliphatic carbocycles. The summed E-state index contributed by atoms with van der Waals surface area (Å²) in [5, 5.41) is 2.79. The van der Waals surface area contributed by atoms with Crippen molar-refractivity contribution in [2.45, 2.75) is 6.10 Å². The highest BCUT2D eigenvalue weighted by atomic mass is 32.2. The van der Waals surface area contributed by atoms with Crippen molar-refractivity contribution in [2.24, 2.45) is 0 Å². The number of ether oxygens (including phenoxy) is 2. The molecule has 8 heteroatoms. The molecule has 0 unspecified atom stereocenters. The monoisotopic (exact) mass is 424 g/mol. The predicted octanol–water partition coefficient (Wildman–Crippen LogP) is 3.64. The third kappa shape index (κ3) is 4.23. The Kier molecular flexibility index (Phi) is 5.33. The molecule has 0 bridgehead atoms. The maximum Gasteiger partial charge on any atom is 0.267 e. The molecular weight excluding hydrogens is 404 g/mol. The topological polar surface area (TPSA) is 84.9 Å². The van der Waals surface area contributed by atoms with Crippen molar-refractivity contribution >= 4 is 27.3 Å². The van der Waals surface area contributed by atoms with Crippen LogP contribution in [-0.2, 0) is 14.8 Å². The van der Waals surface area contributed by atoms with Crippen molar-refractivity contribution < 1.29 is 22.7 Å². The minimum atomic E-state index is -3.58. The van der Waals surface area contributed by atoms with Gasteiger partial charge in [0, 0.05) is 0 Å². The van der Waals surface area contributed by atoms with E-state index in [-0.39, 0.29) is 6.54 Å². The van der Waals surface area contributed by atoms with Crippen LogP contribution in [0.5, 0.6) is 17.2 Å². The van der Waals surface area contributed by atoms with Gasteiger partial charge >= 0.3 is 0 Å². The van der Waals surface area contributed by atoms with Gasteiger partial charge in [0.2, 0.25) is 10.0 Å². The van der Waals surface area contributed by atoms with Crippen molar-refractivity contribution in [2.75, 3.05) is 22.4 Å². The molecule has 1 aliphatic heterocycles. The minimum absolute atomic E-state index is 0.122. The number of carbonyl (C=O) groups is 1. The number of carbonyl (C=O) groups excluding carboxylic acids is 1. The van der Waals surface area contributed by atoms with E-state index >= 15 is 0 Å². The van der Waals surface area contributed by atoms with Gasteiger partial charge in [-0.3, -0.25) is 9.10 Å². The van der Waals surface area contributed by atoms with Gasteiger partial charge in [-0.05, 0) is 36.4 Å². The Morgan fingerprint density at radius 3 is 2.43 bits per heavy atom. The highest BCUT2D eigenvalue weighted by Crippen LogP contribution is 2.35. The van der Waals surface area contributed by atoms with Crippen LogP contribution in [-0.4, -0.2) is 33.2 Å². The third-order valence-electron chi connectivity index (χ3n) is 4.54. The van der Waals surface area contributed by atoms with Crippen LogP contribution >= 0.6 is 0 Å². The lowest BCUT2D eigenvalue weighted by atomic mass is 10.2. The van der Waals surface area contributed by atoms with Crippen LogP contribution in [0.2, 0.25) is 0 Å². The number of anilines is 2. The van der Waals surface area contributed by atoms with Gasteiger partial charge in [0.05, 0.1) is 24.2 Å². The summed E-state index contributed by atoms with van der Waals surface area (Å²) in [5.41, 5.74) is 0.872. The summed E-state index contributed by atoms with van der Waals surface area (Å²) in [7, 11) is -3.58. The molecule has 154 valence electrons. The van der Waals surface area contributed by atoms with Crippen molar-refractivity contribution in [3.8, 4) is 17.2 Å². The van der Waals surface area contributed by atoms with Crippen molar-refractivity contribution in [1.82, 2.24) is 0 Å². The zero-order chi connectivity index (χ0) is 21.1. The third-order valence-corrected chi connectivity index (χ3v) is 5.69. The maximum atomic E-state index is 12.9. The number of para-hydroxylation sites is 5. The van der Waals surface area contributed by atoms with Gasteiger partial charge in [0.15, 0.2) is 11.9 Å². The number of amides is 1. The van der Waals surface area contributed by atoms with Crippen LogP contribution in [0.1, 0.15) is 0 Å². The van der Waals surface area contributed by atoms with E-state index in [9.17, 15) is 13.2 Å². The van der Waals surface area contributed by atoms with Crippen LogP contribution in [0.4, 0.5) is 11.4 Å². The number of nitrogens with one attached hydrogen (secondary N) is 1. The molecule has 0 spiro atoms. The van der Waals surface area contributed by atoms with E-state index in [2.05, 4.69) is 5.32 Å². The second kappa shape index (κ2) is 8.08. The summed E-state index contributed by atoms with van der Waals surface area (Å²) >= 11 is 0. The van der Waals surface area contributed by atoms with E-state index < -0.39 is 22.0 Å². The molecule has 0 fully saturated rings. The fraction of sp³-hybridized carbons (Fsp3) is 0.136. The first-order valence-electron chi connectivity index (χ1n) is 9.28. The maximum absolute atomic E-state index is 12.9. The Labute approximate surface area is 174 Å². The summed E-state index contributed by atoms with van der Waals surface area (Å²) in [6.07, 6.45) is 0.0898. The Bertz CT molecular complexity index is 1160. The molecule has 3 aromatic rings. The van der Waals surface area contributed by atoms with Crippen LogP contribution in [0, 0.1) is 0 Å². The predicted molar refractivity (Wildman–Crippen MR) is 115 cm³/mol. The molecule has 0 saturated carbocycles. The first-order valence-corrected chi connectivity index (χ1v) is 11.1. The second-order valence-electron chi connectivity index (χ2n) is 6.77. The quantitative estimate of drug-likeness (QED) is 0.676. The number of nitrogens with zero attached hydrogens (tertiary/aromatic N) is 1. The number of sulfonamides is 1. The van der Waals surface area contributed by atoms with E-state index in [1.807, 2.05) is 30.3 Å². The lowest BCUT2D eigenvalue weighted by Crippen LogP contribution is -2.48. The molecule has 1 heterocycles. The van der Waals surface area contributed by atoms with Gasteiger partial charge in [-0.15, -0.1) is 0 Å². The average molecular weight is 424 g/mol. The van der Waals surface area contributed by atoms with Gasteiger partial charge in [0.25, 0.3) is 5.91 Å². The molecule has 1 aliphatic rings. The highest BCUT2D eigenvalue weighted by Gasteiger charge is 2.35. The molecule has 1 N–H and O–H groups in total. The second-order valence-corrected chi connectivity index (χ2v) is 8.68. The molecule has 4 rings (SSSR count). The molecular formula is C22H20N2O5S. The van der Waals surface area contributed by atoms with Crippen molar-refractivity contribution in [3.63, 3.8) is 0 Å². The summed E-state index contributed by atoms with van der Waals surface area (Å²) in [4.78, 5) is 12.9. The van der Waals surface area contributed by atoms with Gasteiger partial charge in [-0.2, -0.15) is 0 Å². The van der Waals surface area contributed by atoms with Crippen LogP contribution < -0.4 is 19.1 Å². The number of hydrogen-bond donors (Lipinski definition) is 1. The van der Waals surface area contributed by atoms with Crippen LogP contribution in [0.25, 0.3) is 0 Å². The minimum Gasteiger partial charge on any atom is -0.476 e. The van der Waals surface area contributed by atoms with Crippen molar-refractivity contribution in [1.29, 1.82) is 0 Å². The Morgan fingerprint density at radius 2 is 1.67 bits per heavy atom. The number of rotatable bonds is 5. The summed E-state index contributed by atoms with van der Waals surface area (Å²) in [6, 6.07) is 22.9. The van der Waals surface area contributed by atoms with Gasteiger partial charge in [-0.25, -0.2) is 8.42 Å². The van der Waals surface area contributed by atoms with E-state index in [4.69, 9.17) is 9.47 Å². The van der Waals surface area contributed by atoms with Crippen LogP contribution in [0.15, 0.2) is 78.9 Å². The first-order chi connectivity index (χ1) is 14.4. The Balaban J connectivity index is 1.57. The number of hydrogen-bond acceptors (Lipinski definition) is 5. The zero-order valence-electron chi connectivity index (χ0n) is 16.2. The number of fused-ring (bicyclic) bond motifs is 1. The molecule has 7 nitrogen and oxygen atoms in total. The van der Waals surface area contributed by atoms with E-state index in [1.54, 1.807) is 48.5 Å². The first kappa shape index (κ1) is 19.8. The Morgan fingerprint density at radius 1 is 1.00 bits per heavy atom. The fourth-order valence-electron chi connectivity index (χ4n) is 3.14. The van der Waals surface area contributed by atoms with Crippen molar-refractivity contribution in [3.05, 3.63) is 78.9 Å². The highest BCUT2D eigenvalue weighted by molar-refractivity contribution is 7.92. The lowest BCUT2D eigenvalue weighted by Gasteiger charge is -2.33. The van der Waals surface area contributed by atoms with Crippen LogP contribution in [0.3, 0.4) is 0 Å². The molecule has 3 aromatic carbocycles. The largest absolute Gasteiger partial charge is 0.476 e. The summed E-state index contributed by atoms with van der Waals surface area (Å²) in [5.74, 6) is 0.962. The van der Waals surface area contributed by atoms with E-state index in [0.29, 0.717) is 28.6 Å². The molecule has 1 amide bonds. The van der Waals surface area contributed by atoms with E-state index in [1.165, 1.54) is 4.31 Å². The molecule has 0 aromatic heterocycles. The van der Waals surface area contributed by atoms with E-state index in [0.717, 1.165) is 6.26 Å². The fourth-order valence-corrected chi connectivity index (χ4v) is 4.05. The average Bonchev–Trinajstić information content (AvgIpc) is 2.74. The standard InChI is InChI=1S/C22H20N2O5S/c1-30(26,27)24-15-21(29-20-14-8-6-12-18(20)24)22(25)23-17-11-5-7-13-19(17)28-16-9-3-2-4-10-16/h2-14,21H,15H2,1H3,(H,23,25)/t21-/m1/s1. The number of benzene rings is 3. The smallest absolute Gasteiger partial charge is 0.267 e. The molecule has 0 radical (unpaired) electrons. The summed E-state index contributed by atoms with van der Waals surface area (Å²) in [6.45, 7) is -0.122.